The largest absolute Gasteiger partial charge is 0.490 e. The standard InChI is InChI=1S/C22H25NO2/c1-4-24-21-15-11-17(16-22(21)25-5-2)10-13-19-14-12-18-8-6-7-9-20(18)23(19)3/h6-16,19H,4-5H2,1-3H3. The van der Waals surface area contributed by atoms with Crippen molar-refractivity contribution < 1.29 is 9.47 Å². The topological polar surface area (TPSA) is 21.7 Å². The second kappa shape index (κ2) is 7.93. The van der Waals surface area contributed by atoms with Gasteiger partial charge in [0.1, 0.15) is 0 Å². The van der Waals surface area contributed by atoms with Gasteiger partial charge >= 0.3 is 0 Å². The van der Waals surface area contributed by atoms with E-state index in [1.807, 2.05) is 26.0 Å². The molecular weight excluding hydrogens is 310 g/mol. The first-order valence-electron chi connectivity index (χ1n) is 8.80. The van der Waals surface area contributed by atoms with Gasteiger partial charge in [0.15, 0.2) is 11.5 Å². The molecule has 1 aliphatic rings. The van der Waals surface area contributed by atoms with E-state index in [9.17, 15) is 0 Å². The first-order valence-corrected chi connectivity index (χ1v) is 8.80. The molecule has 1 atom stereocenters. The summed E-state index contributed by atoms with van der Waals surface area (Å²) in [5.41, 5.74) is 3.61. The third kappa shape index (κ3) is 3.87. The highest BCUT2D eigenvalue weighted by Gasteiger charge is 2.16. The van der Waals surface area contributed by atoms with E-state index in [4.69, 9.17) is 9.47 Å². The van der Waals surface area contributed by atoms with E-state index in [-0.39, 0.29) is 6.04 Å². The third-order valence-electron chi connectivity index (χ3n) is 4.29. The molecule has 25 heavy (non-hydrogen) atoms. The maximum Gasteiger partial charge on any atom is 0.161 e. The minimum absolute atomic E-state index is 0.233. The predicted molar refractivity (Wildman–Crippen MR) is 105 cm³/mol. The molecule has 130 valence electrons. The van der Waals surface area contributed by atoms with Gasteiger partial charge < -0.3 is 14.4 Å². The van der Waals surface area contributed by atoms with Crippen LogP contribution in [0, 0.1) is 0 Å². The molecule has 2 aromatic carbocycles. The fraction of sp³-hybridized carbons (Fsp3) is 0.273. The van der Waals surface area contributed by atoms with Crippen molar-refractivity contribution in [3.05, 3.63) is 65.7 Å². The number of hydrogen-bond acceptors (Lipinski definition) is 3. The van der Waals surface area contributed by atoms with Gasteiger partial charge in [0.05, 0.1) is 19.3 Å². The van der Waals surface area contributed by atoms with E-state index in [2.05, 4.69) is 66.6 Å². The summed E-state index contributed by atoms with van der Waals surface area (Å²) in [4.78, 5) is 2.28. The number of para-hydroxylation sites is 1. The van der Waals surface area contributed by atoms with Gasteiger partial charge in [0.2, 0.25) is 0 Å². The highest BCUT2D eigenvalue weighted by atomic mass is 16.5. The van der Waals surface area contributed by atoms with Crippen molar-refractivity contribution >= 4 is 17.8 Å². The summed E-state index contributed by atoms with van der Waals surface area (Å²) in [7, 11) is 2.13. The van der Waals surface area contributed by atoms with Crippen LogP contribution in [0.2, 0.25) is 0 Å². The molecule has 0 aromatic heterocycles. The van der Waals surface area contributed by atoms with E-state index in [0.717, 1.165) is 17.1 Å². The monoisotopic (exact) mass is 335 g/mol. The molecule has 0 N–H and O–H groups in total. The Kier molecular flexibility index (Phi) is 5.44. The predicted octanol–water partition coefficient (Wildman–Crippen LogP) is 5.03. The van der Waals surface area contributed by atoms with Crippen LogP contribution in [-0.4, -0.2) is 26.3 Å². The lowest BCUT2D eigenvalue weighted by Crippen LogP contribution is -2.30. The average molecular weight is 335 g/mol. The smallest absolute Gasteiger partial charge is 0.161 e. The van der Waals surface area contributed by atoms with Crippen LogP contribution >= 0.6 is 0 Å². The van der Waals surface area contributed by atoms with Crippen LogP contribution < -0.4 is 14.4 Å². The Morgan fingerprint density at radius 2 is 1.76 bits per heavy atom. The average Bonchev–Trinajstić information content (AvgIpc) is 2.64. The lowest BCUT2D eigenvalue weighted by atomic mass is 10.0. The molecule has 0 saturated heterocycles. The molecule has 1 heterocycles. The summed E-state index contributed by atoms with van der Waals surface area (Å²) in [6.45, 7) is 5.22. The molecule has 1 aliphatic heterocycles. The van der Waals surface area contributed by atoms with Gasteiger partial charge in [-0.05, 0) is 43.2 Å². The molecule has 0 aliphatic carbocycles. The zero-order valence-corrected chi connectivity index (χ0v) is 15.1. The zero-order chi connectivity index (χ0) is 17.6. The molecule has 0 saturated carbocycles. The third-order valence-corrected chi connectivity index (χ3v) is 4.29. The number of nitrogens with zero attached hydrogens (tertiary/aromatic N) is 1. The number of hydrogen-bond donors (Lipinski definition) is 0. The summed E-state index contributed by atoms with van der Waals surface area (Å²) in [5.74, 6) is 1.59. The number of benzene rings is 2. The Morgan fingerprint density at radius 1 is 1.00 bits per heavy atom. The quantitative estimate of drug-likeness (QED) is 0.739. The van der Waals surface area contributed by atoms with Gasteiger partial charge in [-0.25, -0.2) is 0 Å². The van der Waals surface area contributed by atoms with Crippen molar-refractivity contribution in [2.75, 3.05) is 25.2 Å². The SMILES string of the molecule is CCOc1ccc(C=CC2C=Cc3ccccc3N2C)cc1OCC. The molecule has 1 unspecified atom stereocenters. The Balaban J connectivity index is 1.79. The van der Waals surface area contributed by atoms with Crippen LogP contribution in [0.4, 0.5) is 5.69 Å². The van der Waals surface area contributed by atoms with Crippen molar-refractivity contribution in [3.8, 4) is 11.5 Å². The Bertz CT molecular complexity index is 779. The van der Waals surface area contributed by atoms with Gasteiger partial charge in [-0.15, -0.1) is 0 Å². The van der Waals surface area contributed by atoms with Crippen LogP contribution in [0.25, 0.3) is 12.2 Å². The van der Waals surface area contributed by atoms with Crippen molar-refractivity contribution in [1.29, 1.82) is 0 Å². The number of rotatable bonds is 6. The van der Waals surface area contributed by atoms with Crippen LogP contribution in [-0.2, 0) is 0 Å². The molecule has 3 nitrogen and oxygen atoms in total. The summed E-state index contributed by atoms with van der Waals surface area (Å²) < 4.78 is 11.3. The molecule has 0 spiro atoms. The minimum Gasteiger partial charge on any atom is -0.490 e. The minimum atomic E-state index is 0.233. The van der Waals surface area contributed by atoms with E-state index in [1.165, 1.54) is 11.3 Å². The van der Waals surface area contributed by atoms with Crippen molar-refractivity contribution in [1.82, 2.24) is 0 Å². The summed E-state index contributed by atoms with van der Waals surface area (Å²) in [6, 6.07) is 14.8. The van der Waals surface area contributed by atoms with Gasteiger partial charge in [-0.3, -0.25) is 0 Å². The lowest BCUT2D eigenvalue weighted by molar-refractivity contribution is 0.287. The Labute approximate surface area is 150 Å². The lowest BCUT2D eigenvalue weighted by Gasteiger charge is -2.30. The van der Waals surface area contributed by atoms with Gasteiger partial charge in [0.25, 0.3) is 0 Å². The molecule has 0 bridgehead atoms. The molecule has 0 fully saturated rings. The highest BCUT2D eigenvalue weighted by Crippen LogP contribution is 2.30. The fourth-order valence-corrected chi connectivity index (χ4v) is 3.02. The molecule has 0 amide bonds. The first-order chi connectivity index (χ1) is 12.2. The highest BCUT2D eigenvalue weighted by molar-refractivity contribution is 5.73. The molecule has 0 radical (unpaired) electrons. The zero-order valence-electron chi connectivity index (χ0n) is 15.1. The van der Waals surface area contributed by atoms with E-state index in [1.54, 1.807) is 0 Å². The summed E-state index contributed by atoms with van der Waals surface area (Å²) in [6.07, 6.45) is 8.75. The maximum absolute atomic E-state index is 5.71. The van der Waals surface area contributed by atoms with Gasteiger partial charge in [0, 0.05) is 12.7 Å². The molecule has 3 heteroatoms. The summed E-state index contributed by atoms with van der Waals surface area (Å²) in [5, 5.41) is 0. The summed E-state index contributed by atoms with van der Waals surface area (Å²) >= 11 is 0. The van der Waals surface area contributed by atoms with Crippen LogP contribution in [0.15, 0.2) is 54.6 Å². The fourth-order valence-electron chi connectivity index (χ4n) is 3.02. The van der Waals surface area contributed by atoms with E-state index < -0.39 is 0 Å². The van der Waals surface area contributed by atoms with Crippen molar-refractivity contribution in [3.63, 3.8) is 0 Å². The normalized spacial score (nSPS) is 16.1. The Morgan fingerprint density at radius 3 is 2.56 bits per heavy atom. The molecule has 3 rings (SSSR count). The first kappa shape index (κ1) is 17.2. The van der Waals surface area contributed by atoms with Crippen LogP contribution in [0.3, 0.4) is 0 Å². The number of likely N-dealkylation sites (N-methyl/N-ethyl adjacent to an activating group) is 1. The second-order valence-electron chi connectivity index (χ2n) is 5.95. The Hall–Kier alpha value is -2.68. The molecular formula is C22H25NO2. The second-order valence-corrected chi connectivity index (χ2v) is 5.95. The van der Waals surface area contributed by atoms with E-state index in [0.29, 0.717) is 13.2 Å². The van der Waals surface area contributed by atoms with E-state index >= 15 is 0 Å². The van der Waals surface area contributed by atoms with Gasteiger partial charge in [-0.2, -0.15) is 0 Å². The van der Waals surface area contributed by atoms with Crippen LogP contribution in [0.5, 0.6) is 11.5 Å². The number of anilines is 1. The maximum atomic E-state index is 5.71. The number of ether oxygens (including phenoxy) is 2. The van der Waals surface area contributed by atoms with Gasteiger partial charge in [-0.1, -0.05) is 48.6 Å². The van der Waals surface area contributed by atoms with Crippen LogP contribution in [0.1, 0.15) is 25.0 Å². The van der Waals surface area contributed by atoms with Crippen molar-refractivity contribution in [2.24, 2.45) is 0 Å². The van der Waals surface area contributed by atoms with Crippen molar-refractivity contribution in [2.45, 2.75) is 19.9 Å². The molecule has 2 aromatic rings. The number of fused-ring (bicyclic) bond motifs is 1.